The Morgan fingerprint density at radius 3 is 2.75 bits per heavy atom. The molecule has 5 N–H and O–H groups in total. The molecule has 0 bridgehead atoms. The lowest BCUT2D eigenvalue weighted by molar-refractivity contribution is -0.140. The molecule has 0 aliphatic carbocycles. The second-order valence-corrected chi connectivity index (χ2v) is 7.58. The summed E-state index contributed by atoms with van der Waals surface area (Å²) in [4.78, 5) is 21.0. The van der Waals surface area contributed by atoms with Crippen LogP contribution in [0.5, 0.6) is 0 Å². The van der Waals surface area contributed by atoms with Crippen LogP contribution >= 0.6 is 12.4 Å². The van der Waals surface area contributed by atoms with E-state index in [2.05, 4.69) is 25.7 Å². The molecule has 0 saturated heterocycles. The minimum Gasteiger partial charge on any atom is -0.378 e. The van der Waals surface area contributed by atoms with Crippen molar-refractivity contribution in [2.75, 3.05) is 31.6 Å². The number of benzene rings is 1. The molecule has 1 aromatic carbocycles. The summed E-state index contributed by atoms with van der Waals surface area (Å²) in [6, 6.07) is 5.15. The number of nitrogens with zero attached hydrogens (tertiary/aromatic N) is 4. The number of H-pyrrole nitrogens is 1. The molecule has 4 aromatic rings. The van der Waals surface area contributed by atoms with Gasteiger partial charge in [-0.25, -0.2) is 9.97 Å². The zero-order valence-corrected chi connectivity index (χ0v) is 19.9. The third-order valence-corrected chi connectivity index (χ3v) is 5.15. The van der Waals surface area contributed by atoms with Crippen LogP contribution in [-0.2, 0) is 10.9 Å². The van der Waals surface area contributed by atoms with Crippen LogP contribution < -0.4 is 16.4 Å². The number of alkyl halides is 3. The van der Waals surface area contributed by atoms with Crippen molar-refractivity contribution in [2.45, 2.75) is 13.1 Å². The summed E-state index contributed by atoms with van der Waals surface area (Å²) in [5.74, 6) is 0.105. The number of aryl methyl sites for hydroxylation is 1. The molecule has 0 atom stereocenters. The number of nitrogens with one attached hydrogen (secondary N) is 3. The van der Waals surface area contributed by atoms with Crippen molar-refractivity contribution in [3.05, 3.63) is 59.8 Å². The molecule has 0 spiro atoms. The van der Waals surface area contributed by atoms with Gasteiger partial charge < -0.3 is 21.1 Å². The molecule has 0 aliphatic heterocycles. The average molecular weight is 525 g/mol. The first kappa shape index (κ1) is 26.9. The third-order valence-electron chi connectivity index (χ3n) is 5.15. The third kappa shape index (κ3) is 5.75. The highest BCUT2D eigenvalue weighted by Gasteiger charge is 2.36. The highest BCUT2D eigenvalue weighted by Crippen LogP contribution is 2.36. The number of ether oxygens (including phenoxy) is 1. The molecular formula is C22H24ClF3N8O2. The van der Waals surface area contributed by atoms with Gasteiger partial charge in [0.1, 0.15) is 5.69 Å². The maximum Gasteiger partial charge on any atom is 0.433 e. The Hall–Kier alpha value is -3.68. The standard InChI is InChI=1S/C22H23F3N8O2.ClH/c1-13-10-14(2-3-15(13)21(34)28-6-9-35-8-4-26)31-19-20-29-12-17(33(20)7-5-27-19)16-11-30-32-18(16)22(23,24)25;/h2-3,5,7,10-12H,4,6,8-9,26H2,1H3,(H,27,31)(H,28,34)(H,30,32);1H. The van der Waals surface area contributed by atoms with Crippen molar-refractivity contribution in [2.24, 2.45) is 5.73 Å². The summed E-state index contributed by atoms with van der Waals surface area (Å²) in [6.45, 7) is 3.37. The fourth-order valence-corrected chi connectivity index (χ4v) is 3.55. The number of rotatable bonds is 9. The zero-order chi connectivity index (χ0) is 25.0. The number of anilines is 2. The average Bonchev–Trinajstić information content (AvgIpc) is 3.46. The Labute approximate surface area is 209 Å². The first-order chi connectivity index (χ1) is 16.8. The lowest BCUT2D eigenvalue weighted by Gasteiger charge is -2.12. The number of imidazole rings is 1. The summed E-state index contributed by atoms with van der Waals surface area (Å²) in [6.07, 6.45) is 0.823. The number of fused-ring (bicyclic) bond motifs is 1. The second-order valence-electron chi connectivity index (χ2n) is 7.58. The van der Waals surface area contributed by atoms with Crippen molar-refractivity contribution in [1.29, 1.82) is 0 Å². The smallest absolute Gasteiger partial charge is 0.378 e. The van der Waals surface area contributed by atoms with Crippen molar-refractivity contribution < 1.29 is 22.7 Å². The number of halogens is 4. The van der Waals surface area contributed by atoms with E-state index in [0.717, 1.165) is 11.8 Å². The summed E-state index contributed by atoms with van der Waals surface area (Å²) < 4.78 is 46.7. The summed E-state index contributed by atoms with van der Waals surface area (Å²) in [5, 5.41) is 11.5. The lowest BCUT2D eigenvalue weighted by Crippen LogP contribution is -2.28. The molecule has 3 heterocycles. The van der Waals surface area contributed by atoms with Gasteiger partial charge in [0.05, 0.1) is 36.9 Å². The molecular weight excluding hydrogens is 501 g/mol. The minimum absolute atomic E-state index is 0. The zero-order valence-electron chi connectivity index (χ0n) is 19.1. The molecule has 0 fully saturated rings. The number of carbonyl (C=O) groups is 1. The topological polar surface area (TPSA) is 135 Å². The predicted octanol–water partition coefficient (Wildman–Crippen LogP) is 3.32. The Kier molecular flexibility index (Phi) is 8.50. The molecule has 36 heavy (non-hydrogen) atoms. The van der Waals surface area contributed by atoms with Gasteiger partial charge in [-0.05, 0) is 30.7 Å². The Morgan fingerprint density at radius 1 is 1.22 bits per heavy atom. The van der Waals surface area contributed by atoms with Crippen molar-refractivity contribution in [1.82, 2.24) is 29.9 Å². The number of carbonyl (C=O) groups excluding carboxylic acids is 1. The Morgan fingerprint density at radius 2 is 2.03 bits per heavy atom. The number of hydrogen-bond acceptors (Lipinski definition) is 7. The quantitative estimate of drug-likeness (QED) is 0.247. The first-order valence-electron chi connectivity index (χ1n) is 10.7. The van der Waals surface area contributed by atoms with Crippen molar-refractivity contribution in [3.8, 4) is 11.3 Å². The van der Waals surface area contributed by atoms with Crippen LogP contribution in [0, 0.1) is 6.92 Å². The van der Waals surface area contributed by atoms with Gasteiger partial charge in [0, 0.05) is 36.7 Å². The van der Waals surface area contributed by atoms with Crippen LogP contribution in [0.1, 0.15) is 21.6 Å². The number of nitrogens with two attached hydrogens (primary N) is 1. The van der Waals surface area contributed by atoms with Crippen LogP contribution in [0.4, 0.5) is 24.7 Å². The molecule has 0 aliphatic rings. The molecule has 10 nitrogen and oxygen atoms in total. The van der Waals surface area contributed by atoms with E-state index < -0.39 is 11.9 Å². The minimum atomic E-state index is -4.59. The van der Waals surface area contributed by atoms with Crippen LogP contribution in [0.25, 0.3) is 16.9 Å². The molecule has 14 heteroatoms. The lowest BCUT2D eigenvalue weighted by atomic mass is 10.1. The Balaban J connectivity index is 0.00000361. The van der Waals surface area contributed by atoms with Crippen molar-refractivity contribution in [3.63, 3.8) is 0 Å². The Bertz CT molecular complexity index is 1340. The molecule has 3 aromatic heterocycles. The van der Waals surface area contributed by atoms with E-state index in [4.69, 9.17) is 10.5 Å². The molecule has 0 unspecified atom stereocenters. The van der Waals surface area contributed by atoms with Gasteiger partial charge in [0.2, 0.25) is 0 Å². The van der Waals surface area contributed by atoms with Gasteiger partial charge in [-0.15, -0.1) is 12.4 Å². The van der Waals surface area contributed by atoms with Gasteiger partial charge in [0.15, 0.2) is 11.5 Å². The molecule has 192 valence electrons. The normalized spacial score (nSPS) is 11.4. The number of amides is 1. The van der Waals surface area contributed by atoms with Crippen molar-refractivity contribution >= 4 is 35.5 Å². The SMILES string of the molecule is Cc1cc(Nc2nccn3c(-c4cn[nH]c4C(F)(F)F)cnc23)ccc1C(=O)NCCOCCN.Cl. The van der Waals surface area contributed by atoms with E-state index >= 15 is 0 Å². The van der Waals surface area contributed by atoms with E-state index in [1.54, 1.807) is 25.1 Å². The fraction of sp³-hybridized carbons (Fsp3) is 0.273. The molecule has 0 saturated carbocycles. The van der Waals surface area contributed by atoms with E-state index in [1.165, 1.54) is 23.0 Å². The van der Waals surface area contributed by atoms with E-state index in [-0.39, 0.29) is 29.6 Å². The number of aromatic nitrogens is 5. The molecule has 4 rings (SSSR count). The largest absolute Gasteiger partial charge is 0.433 e. The molecule has 1 amide bonds. The van der Waals surface area contributed by atoms with E-state index in [0.29, 0.717) is 49.0 Å². The predicted molar refractivity (Wildman–Crippen MR) is 129 cm³/mol. The monoisotopic (exact) mass is 524 g/mol. The van der Waals surface area contributed by atoms with Gasteiger partial charge in [-0.3, -0.25) is 14.3 Å². The number of hydrogen-bond donors (Lipinski definition) is 4. The van der Waals surface area contributed by atoms with Gasteiger partial charge in [-0.2, -0.15) is 18.3 Å². The van der Waals surface area contributed by atoms with E-state index in [9.17, 15) is 18.0 Å². The first-order valence-corrected chi connectivity index (χ1v) is 10.7. The molecule has 0 radical (unpaired) electrons. The number of aromatic amines is 1. The summed E-state index contributed by atoms with van der Waals surface area (Å²) in [5.41, 5.74) is 6.67. The maximum absolute atomic E-state index is 13.3. The second kappa shape index (κ2) is 11.4. The summed E-state index contributed by atoms with van der Waals surface area (Å²) in [7, 11) is 0. The van der Waals surface area contributed by atoms with Gasteiger partial charge in [0.25, 0.3) is 5.91 Å². The van der Waals surface area contributed by atoms with Gasteiger partial charge >= 0.3 is 6.18 Å². The summed E-state index contributed by atoms with van der Waals surface area (Å²) >= 11 is 0. The van der Waals surface area contributed by atoms with Crippen LogP contribution in [0.2, 0.25) is 0 Å². The van der Waals surface area contributed by atoms with E-state index in [1.807, 2.05) is 5.10 Å². The van der Waals surface area contributed by atoms with Crippen LogP contribution in [-0.4, -0.2) is 56.8 Å². The fourth-order valence-electron chi connectivity index (χ4n) is 3.55. The van der Waals surface area contributed by atoms with Gasteiger partial charge in [-0.1, -0.05) is 0 Å². The van der Waals surface area contributed by atoms with Crippen LogP contribution in [0.15, 0.2) is 43.0 Å². The maximum atomic E-state index is 13.3. The van der Waals surface area contributed by atoms with Crippen LogP contribution in [0.3, 0.4) is 0 Å². The highest BCUT2D eigenvalue weighted by atomic mass is 35.5. The highest BCUT2D eigenvalue weighted by molar-refractivity contribution is 5.96.